The van der Waals surface area contributed by atoms with Gasteiger partial charge in [0.25, 0.3) is 0 Å². The van der Waals surface area contributed by atoms with Gasteiger partial charge in [-0.05, 0) is 31.1 Å². The van der Waals surface area contributed by atoms with Crippen molar-refractivity contribution in [2.75, 3.05) is 13.2 Å². The molecule has 0 aromatic rings. The zero-order chi connectivity index (χ0) is 16.6. The van der Waals surface area contributed by atoms with E-state index >= 15 is 0 Å². The van der Waals surface area contributed by atoms with E-state index in [1.54, 1.807) is 0 Å². The van der Waals surface area contributed by atoms with Gasteiger partial charge in [-0.2, -0.15) is 0 Å². The fourth-order valence-electron chi connectivity index (χ4n) is 2.46. The lowest BCUT2D eigenvalue weighted by molar-refractivity contribution is 0.143. The molecule has 3 nitrogen and oxygen atoms in total. The summed E-state index contributed by atoms with van der Waals surface area (Å²) >= 11 is 0. The lowest BCUT2D eigenvalue weighted by atomic mass is 10.0. The monoisotopic (exact) mass is 313 g/mol. The quantitative estimate of drug-likeness (QED) is 0.404. The molecule has 0 saturated carbocycles. The van der Waals surface area contributed by atoms with Crippen molar-refractivity contribution in [3.8, 4) is 0 Å². The zero-order valence-electron chi connectivity index (χ0n) is 15.5. The van der Waals surface area contributed by atoms with Crippen LogP contribution in [0, 0.1) is 11.8 Å². The number of amides is 1. The van der Waals surface area contributed by atoms with E-state index in [1.807, 2.05) is 0 Å². The average Bonchev–Trinajstić information content (AvgIpc) is 2.45. The van der Waals surface area contributed by atoms with E-state index in [4.69, 9.17) is 4.74 Å². The van der Waals surface area contributed by atoms with Crippen molar-refractivity contribution in [2.24, 2.45) is 11.8 Å². The van der Waals surface area contributed by atoms with Crippen molar-refractivity contribution in [1.82, 2.24) is 5.32 Å². The maximum atomic E-state index is 11.4. The van der Waals surface area contributed by atoms with Crippen molar-refractivity contribution < 1.29 is 9.53 Å². The SMILES string of the molecule is CC(C)CCCCCCCCCOC(=O)NCCCC(C)C. The minimum atomic E-state index is -0.252. The highest BCUT2D eigenvalue weighted by molar-refractivity contribution is 5.66. The molecule has 0 fully saturated rings. The van der Waals surface area contributed by atoms with Gasteiger partial charge >= 0.3 is 6.09 Å². The van der Waals surface area contributed by atoms with Crippen LogP contribution in [0.2, 0.25) is 0 Å². The minimum absolute atomic E-state index is 0.252. The molecule has 0 aromatic carbocycles. The van der Waals surface area contributed by atoms with Gasteiger partial charge in [0.1, 0.15) is 0 Å². The topological polar surface area (TPSA) is 38.3 Å². The summed E-state index contributed by atoms with van der Waals surface area (Å²) in [6.45, 7) is 10.3. The Morgan fingerprint density at radius 3 is 1.86 bits per heavy atom. The molecule has 0 aliphatic carbocycles. The molecule has 3 heteroatoms. The number of unbranched alkanes of at least 4 members (excludes halogenated alkanes) is 6. The molecule has 0 unspecified atom stereocenters. The maximum Gasteiger partial charge on any atom is 0.407 e. The number of carbonyl (C=O) groups excluding carboxylic acids is 1. The van der Waals surface area contributed by atoms with Gasteiger partial charge in [-0.25, -0.2) is 4.79 Å². The van der Waals surface area contributed by atoms with Crippen LogP contribution in [-0.2, 0) is 4.74 Å². The summed E-state index contributed by atoms with van der Waals surface area (Å²) in [7, 11) is 0. The van der Waals surface area contributed by atoms with Gasteiger partial charge in [-0.1, -0.05) is 72.6 Å². The fourth-order valence-corrected chi connectivity index (χ4v) is 2.46. The summed E-state index contributed by atoms with van der Waals surface area (Å²) in [4.78, 5) is 11.4. The van der Waals surface area contributed by atoms with Crippen LogP contribution >= 0.6 is 0 Å². The van der Waals surface area contributed by atoms with Crippen molar-refractivity contribution in [1.29, 1.82) is 0 Å². The van der Waals surface area contributed by atoms with Crippen LogP contribution < -0.4 is 5.32 Å². The van der Waals surface area contributed by atoms with Gasteiger partial charge in [-0.15, -0.1) is 0 Å². The maximum absolute atomic E-state index is 11.4. The second-order valence-electron chi connectivity index (χ2n) is 7.26. The van der Waals surface area contributed by atoms with Crippen LogP contribution in [0.15, 0.2) is 0 Å². The summed E-state index contributed by atoms with van der Waals surface area (Å²) in [5.41, 5.74) is 0. The van der Waals surface area contributed by atoms with E-state index in [-0.39, 0.29) is 6.09 Å². The summed E-state index contributed by atoms with van der Waals surface area (Å²) in [5, 5.41) is 2.81. The van der Waals surface area contributed by atoms with Gasteiger partial charge in [0.2, 0.25) is 0 Å². The molecule has 1 N–H and O–H groups in total. The van der Waals surface area contributed by atoms with E-state index in [9.17, 15) is 4.79 Å². The van der Waals surface area contributed by atoms with Gasteiger partial charge in [-0.3, -0.25) is 0 Å². The lowest BCUT2D eigenvalue weighted by Gasteiger charge is -2.08. The van der Waals surface area contributed by atoms with E-state index < -0.39 is 0 Å². The van der Waals surface area contributed by atoms with Crippen LogP contribution in [0.1, 0.15) is 91.9 Å². The predicted molar refractivity (Wildman–Crippen MR) is 95.2 cm³/mol. The van der Waals surface area contributed by atoms with Crippen LogP contribution in [0.5, 0.6) is 0 Å². The number of hydrogen-bond donors (Lipinski definition) is 1. The highest BCUT2D eigenvalue weighted by Crippen LogP contribution is 2.12. The molecule has 0 saturated heterocycles. The zero-order valence-corrected chi connectivity index (χ0v) is 15.5. The number of nitrogens with one attached hydrogen (secondary N) is 1. The Hall–Kier alpha value is -0.730. The van der Waals surface area contributed by atoms with Gasteiger partial charge in [0.15, 0.2) is 0 Å². The Balaban J connectivity index is 3.17. The number of ether oxygens (including phenoxy) is 1. The third-order valence-corrected chi connectivity index (χ3v) is 3.89. The molecule has 0 aliphatic rings. The van der Waals surface area contributed by atoms with Gasteiger partial charge in [0, 0.05) is 6.54 Å². The normalized spacial score (nSPS) is 11.2. The van der Waals surface area contributed by atoms with Crippen LogP contribution in [0.25, 0.3) is 0 Å². The third-order valence-electron chi connectivity index (χ3n) is 3.89. The Bertz CT molecular complexity index is 252. The molecule has 22 heavy (non-hydrogen) atoms. The highest BCUT2D eigenvalue weighted by atomic mass is 16.5. The first kappa shape index (κ1) is 21.3. The Labute approximate surface area is 138 Å². The van der Waals surface area contributed by atoms with E-state index in [0.717, 1.165) is 31.7 Å². The predicted octanol–water partition coefficient (Wildman–Crippen LogP) is 5.93. The minimum Gasteiger partial charge on any atom is -0.450 e. The summed E-state index contributed by atoms with van der Waals surface area (Å²) in [6, 6.07) is 0. The molecule has 0 spiro atoms. The molecule has 0 aromatic heterocycles. The van der Waals surface area contributed by atoms with Crippen molar-refractivity contribution in [3.05, 3.63) is 0 Å². The molecular weight excluding hydrogens is 274 g/mol. The molecule has 0 rings (SSSR count). The summed E-state index contributed by atoms with van der Waals surface area (Å²) < 4.78 is 5.17. The Morgan fingerprint density at radius 2 is 1.27 bits per heavy atom. The first-order chi connectivity index (χ1) is 10.5. The summed E-state index contributed by atoms with van der Waals surface area (Å²) in [6.07, 6.45) is 12.1. The molecule has 0 aliphatic heterocycles. The molecule has 0 heterocycles. The standard InChI is InChI=1S/C19H39NO2/c1-17(2)13-10-8-6-5-7-9-11-16-22-19(21)20-15-12-14-18(3)4/h17-18H,5-16H2,1-4H3,(H,20,21). The van der Waals surface area contributed by atoms with Crippen LogP contribution in [0.3, 0.4) is 0 Å². The van der Waals surface area contributed by atoms with E-state index in [1.165, 1.54) is 44.9 Å². The molecule has 0 atom stereocenters. The second-order valence-corrected chi connectivity index (χ2v) is 7.26. The van der Waals surface area contributed by atoms with Crippen molar-refractivity contribution in [3.63, 3.8) is 0 Å². The van der Waals surface area contributed by atoms with E-state index in [2.05, 4.69) is 33.0 Å². The third kappa shape index (κ3) is 17.3. The second kappa shape index (κ2) is 15.2. The lowest BCUT2D eigenvalue weighted by Crippen LogP contribution is -2.25. The number of rotatable bonds is 14. The number of alkyl carbamates (subject to hydrolysis) is 1. The van der Waals surface area contributed by atoms with Crippen molar-refractivity contribution in [2.45, 2.75) is 91.9 Å². The molecular formula is C19H39NO2. The largest absolute Gasteiger partial charge is 0.450 e. The Morgan fingerprint density at radius 1 is 0.773 bits per heavy atom. The van der Waals surface area contributed by atoms with Gasteiger partial charge < -0.3 is 10.1 Å². The summed E-state index contributed by atoms with van der Waals surface area (Å²) in [5.74, 6) is 1.54. The average molecular weight is 314 g/mol. The van der Waals surface area contributed by atoms with E-state index in [0.29, 0.717) is 12.5 Å². The molecule has 132 valence electrons. The molecule has 0 bridgehead atoms. The highest BCUT2D eigenvalue weighted by Gasteiger charge is 2.01. The number of carbonyl (C=O) groups is 1. The fraction of sp³-hybridized carbons (Fsp3) is 0.947. The molecule has 0 radical (unpaired) electrons. The first-order valence-electron chi connectivity index (χ1n) is 9.43. The smallest absolute Gasteiger partial charge is 0.407 e. The van der Waals surface area contributed by atoms with Crippen LogP contribution in [-0.4, -0.2) is 19.2 Å². The molecule has 1 amide bonds. The number of hydrogen-bond acceptors (Lipinski definition) is 2. The van der Waals surface area contributed by atoms with Crippen molar-refractivity contribution >= 4 is 6.09 Å². The first-order valence-corrected chi connectivity index (χ1v) is 9.43. The van der Waals surface area contributed by atoms with Crippen LogP contribution in [0.4, 0.5) is 4.79 Å². The van der Waals surface area contributed by atoms with Gasteiger partial charge in [0.05, 0.1) is 6.61 Å². The Kier molecular flexibility index (Phi) is 14.7.